The number of hydrogen-bond acceptors (Lipinski definition) is 5. The van der Waals surface area contributed by atoms with Crippen molar-refractivity contribution in [3.63, 3.8) is 0 Å². The lowest BCUT2D eigenvalue weighted by Gasteiger charge is -2.44. The minimum Gasteiger partial charge on any atom is -0.413 e. The molecule has 0 amide bonds. The van der Waals surface area contributed by atoms with Gasteiger partial charge in [-0.3, -0.25) is 0 Å². The fourth-order valence-electron chi connectivity index (χ4n) is 6.69. The van der Waals surface area contributed by atoms with Crippen LogP contribution >= 0.6 is 0 Å². The summed E-state index contributed by atoms with van der Waals surface area (Å²) in [7, 11) is -1.97. The van der Waals surface area contributed by atoms with Crippen LogP contribution in [0.2, 0.25) is 18.1 Å². The Balaban J connectivity index is 1.93. The van der Waals surface area contributed by atoms with Crippen molar-refractivity contribution in [2.24, 2.45) is 23.7 Å². The number of aliphatic hydroxyl groups is 1. The van der Waals surface area contributed by atoms with Crippen molar-refractivity contribution in [2.75, 3.05) is 13.2 Å². The van der Waals surface area contributed by atoms with E-state index in [4.69, 9.17) is 18.6 Å². The van der Waals surface area contributed by atoms with Gasteiger partial charge in [-0.05, 0) is 34.8 Å². The van der Waals surface area contributed by atoms with E-state index in [2.05, 4.69) is 109 Å². The van der Waals surface area contributed by atoms with E-state index in [1.165, 1.54) is 0 Å². The van der Waals surface area contributed by atoms with E-state index in [0.717, 1.165) is 34.8 Å². The van der Waals surface area contributed by atoms with Crippen LogP contribution in [-0.2, 0) is 38.5 Å². The van der Waals surface area contributed by atoms with Gasteiger partial charge in [0.15, 0.2) is 8.32 Å². The molecule has 7 atom stereocenters. The van der Waals surface area contributed by atoms with Crippen molar-refractivity contribution >= 4 is 8.32 Å². The first-order valence-corrected chi connectivity index (χ1v) is 20.0. The Morgan fingerprint density at radius 2 is 0.957 bits per heavy atom. The van der Waals surface area contributed by atoms with Gasteiger partial charge >= 0.3 is 0 Å². The molecule has 0 aliphatic carbocycles. The topological polar surface area (TPSA) is 57.2 Å². The molecule has 5 nitrogen and oxygen atoms in total. The summed E-state index contributed by atoms with van der Waals surface area (Å²) in [4.78, 5) is 0. The first-order valence-electron chi connectivity index (χ1n) is 17.5. The van der Waals surface area contributed by atoms with Crippen LogP contribution in [-0.4, -0.2) is 44.9 Å². The zero-order valence-corrected chi connectivity index (χ0v) is 30.4. The smallest absolute Gasteiger partial charge is 0.192 e. The third-order valence-corrected chi connectivity index (χ3v) is 14.5. The predicted octanol–water partition coefficient (Wildman–Crippen LogP) is 9.30. The molecule has 6 heteroatoms. The summed E-state index contributed by atoms with van der Waals surface area (Å²) in [5.74, 6) is 0.146. The molecule has 0 spiro atoms. The lowest BCUT2D eigenvalue weighted by atomic mass is 9.79. The number of hydrogen-bond donors (Lipinski definition) is 1. The summed E-state index contributed by atoms with van der Waals surface area (Å²) in [5.41, 5.74) is 3.45. The third kappa shape index (κ3) is 11.4. The molecule has 0 heterocycles. The molecule has 0 saturated heterocycles. The Labute approximate surface area is 280 Å². The molecule has 1 N–H and O–H groups in total. The largest absolute Gasteiger partial charge is 0.413 e. The summed E-state index contributed by atoms with van der Waals surface area (Å²) >= 11 is 0. The van der Waals surface area contributed by atoms with Crippen LogP contribution in [0.1, 0.15) is 65.2 Å². The first-order chi connectivity index (χ1) is 22.3. The standard InChI is InChI=1S/C40H60O5Si/c1-8-46(9-2,10-3)45-39(31(4)26-41)34(7)40(44-30-37-24-18-13-19-25-37)33(6)38(43-29-36-22-16-12-17-23-36)32(5)27-42-28-35-20-14-11-15-21-35/h11-25,31-34,38-41H,8-10,26-30H2,1-7H3/t31-,32-,33-,34+,38-,39-,40-/m0/s1. The van der Waals surface area contributed by atoms with Gasteiger partial charge in [0.2, 0.25) is 0 Å². The van der Waals surface area contributed by atoms with Gasteiger partial charge in [0, 0.05) is 30.3 Å². The van der Waals surface area contributed by atoms with Crippen molar-refractivity contribution in [1.82, 2.24) is 0 Å². The third-order valence-electron chi connectivity index (χ3n) is 9.86. The second kappa shape index (κ2) is 20.1. The van der Waals surface area contributed by atoms with Gasteiger partial charge in [-0.25, -0.2) is 0 Å². The van der Waals surface area contributed by atoms with Crippen molar-refractivity contribution in [2.45, 2.75) is 105 Å². The Morgan fingerprint density at radius 3 is 1.39 bits per heavy atom. The van der Waals surface area contributed by atoms with Crippen LogP contribution < -0.4 is 0 Å². The quantitative estimate of drug-likeness (QED) is 0.110. The van der Waals surface area contributed by atoms with E-state index < -0.39 is 8.32 Å². The second-order valence-electron chi connectivity index (χ2n) is 13.2. The Hall–Kier alpha value is -2.32. The minimum atomic E-state index is -1.97. The highest BCUT2D eigenvalue weighted by Crippen LogP contribution is 2.36. The maximum atomic E-state index is 10.4. The highest BCUT2D eigenvalue weighted by Gasteiger charge is 2.42. The second-order valence-corrected chi connectivity index (χ2v) is 17.9. The van der Waals surface area contributed by atoms with Crippen LogP contribution in [0.3, 0.4) is 0 Å². The molecule has 0 saturated carbocycles. The summed E-state index contributed by atoms with van der Waals surface area (Å²) in [6, 6.07) is 34.3. The molecule has 0 aliphatic heterocycles. The molecule has 0 unspecified atom stereocenters. The minimum absolute atomic E-state index is 0.0168. The predicted molar refractivity (Wildman–Crippen MR) is 192 cm³/mol. The van der Waals surface area contributed by atoms with Crippen molar-refractivity contribution in [3.05, 3.63) is 108 Å². The van der Waals surface area contributed by atoms with E-state index in [1.807, 2.05) is 30.3 Å². The highest BCUT2D eigenvalue weighted by molar-refractivity contribution is 6.73. The van der Waals surface area contributed by atoms with E-state index in [-0.39, 0.29) is 48.6 Å². The van der Waals surface area contributed by atoms with E-state index in [9.17, 15) is 5.11 Å². The summed E-state index contributed by atoms with van der Waals surface area (Å²) in [6.45, 7) is 17.9. The molecule has 3 aromatic rings. The van der Waals surface area contributed by atoms with Crippen LogP contribution in [0.5, 0.6) is 0 Å². The van der Waals surface area contributed by atoms with E-state index in [1.54, 1.807) is 0 Å². The van der Waals surface area contributed by atoms with Crippen LogP contribution in [0.4, 0.5) is 0 Å². The Morgan fingerprint density at radius 1 is 0.543 bits per heavy atom. The zero-order valence-electron chi connectivity index (χ0n) is 29.4. The molecule has 254 valence electrons. The molecule has 0 aliphatic rings. The van der Waals surface area contributed by atoms with Gasteiger partial charge in [0.05, 0.1) is 44.7 Å². The van der Waals surface area contributed by atoms with Crippen LogP contribution in [0.15, 0.2) is 91.0 Å². The Kier molecular flexibility index (Phi) is 16.7. The molecule has 46 heavy (non-hydrogen) atoms. The first kappa shape index (κ1) is 38.1. The summed E-state index contributed by atoms with van der Waals surface area (Å²) < 4.78 is 27.2. The van der Waals surface area contributed by atoms with Crippen molar-refractivity contribution in [3.8, 4) is 0 Å². The summed E-state index contributed by atoms with van der Waals surface area (Å²) in [5, 5.41) is 10.4. The molecule has 0 bridgehead atoms. The monoisotopic (exact) mass is 648 g/mol. The molecule has 0 fully saturated rings. The number of benzene rings is 3. The maximum Gasteiger partial charge on any atom is 0.192 e. The van der Waals surface area contributed by atoms with Gasteiger partial charge < -0.3 is 23.7 Å². The molecule has 0 aromatic heterocycles. The molecule has 3 aromatic carbocycles. The summed E-state index contributed by atoms with van der Waals surface area (Å²) in [6.07, 6.45) is -0.428. The van der Waals surface area contributed by atoms with Gasteiger partial charge in [0.25, 0.3) is 0 Å². The number of aliphatic hydroxyl groups excluding tert-OH is 1. The zero-order chi connectivity index (χ0) is 33.4. The van der Waals surface area contributed by atoms with Crippen LogP contribution in [0.25, 0.3) is 0 Å². The van der Waals surface area contributed by atoms with Crippen molar-refractivity contribution < 1.29 is 23.7 Å². The van der Waals surface area contributed by atoms with E-state index in [0.29, 0.717) is 26.4 Å². The van der Waals surface area contributed by atoms with Crippen LogP contribution in [0, 0.1) is 23.7 Å². The van der Waals surface area contributed by atoms with Gasteiger partial charge in [0.1, 0.15) is 0 Å². The average molecular weight is 649 g/mol. The van der Waals surface area contributed by atoms with Gasteiger partial charge in [-0.2, -0.15) is 0 Å². The van der Waals surface area contributed by atoms with E-state index >= 15 is 0 Å². The fourth-order valence-corrected chi connectivity index (χ4v) is 9.71. The average Bonchev–Trinajstić information content (AvgIpc) is 3.10. The maximum absolute atomic E-state index is 10.4. The molecular weight excluding hydrogens is 589 g/mol. The van der Waals surface area contributed by atoms with Crippen molar-refractivity contribution in [1.29, 1.82) is 0 Å². The molecule has 0 radical (unpaired) electrons. The lowest BCUT2D eigenvalue weighted by Crippen LogP contribution is -2.51. The number of rotatable bonds is 22. The Bertz CT molecular complexity index is 1180. The molecular formula is C40H60O5Si. The molecule has 3 rings (SSSR count). The SMILES string of the molecule is CC[Si](CC)(CC)O[C@H]([C@@H](C)[C@@H](OCc1ccccc1)[C@@H](C)[C@@H](OCc1ccccc1)[C@@H](C)COCc1ccccc1)[C@@H](C)CO. The lowest BCUT2D eigenvalue weighted by molar-refractivity contribution is -0.133. The highest BCUT2D eigenvalue weighted by atomic mass is 28.4. The van der Waals surface area contributed by atoms with Gasteiger partial charge in [-0.1, -0.05) is 139 Å². The number of ether oxygens (including phenoxy) is 3. The van der Waals surface area contributed by atoms with Gasteiger partial charge in [-0.15, -0.1) is 0 Å². The fraction of sp³-hybridized carbons (Fsp3) is 0.550. The normalized spacial score (nSPS) is 16.7.